The van der Waals surface area contributed by atoms with Gasteiger partial charge < -0.3 is 10.4 Å². The van der Waals surface area contributed by atoms with Crippen LogP contribution in [-0.2, 0) is 6.18 Å². The molecule has 1 aromatic carbocycles. The van der Waals surface area contributed by atoms with Gasteiger partial charge in [0.15, 0.2) is 0 Å². The summed E-state index contributed by atoms with van der Waals surface area (Å²) in [5, 5.41) is 16.6. The molecule has 2 N–H and O–H groups in total. The van der Waals surface area contributed by atoms with Crippen LogP contribution in [0.3, 0.4) is 0 Å². The number of alkyl halides is 3. The summed E-state index contributed by atoms with van der Waals surface area (Å²) in [6, 6.07) is 5.13. The summed E-state index contributed by atoms with van der Waals surface area (Å²) >= 11 is 0. The molecule has 0 fully saturated rings. The first-order valence-corrected chi connectivity index (χ1v) is 9.60. The maximum absolute atomic E-state index is 13.7. The number of carbonyl (C=O) groups is 1. The lowest BCUT2D eigenvalue weighted by atomic mass is 10.0. The third-order valence-electron chi connectivity index (χ3n) is 4.82. The summed E-state index contributed by atoms with van der Waals surface area (Å²) in [7, 11) is 0. The van der Waals surface area contributed by atoms with Crippen LogP contribution in [0.2, 0.25) is 0 Å². The summed E-state index contributed by atoms with van der Waals surface area (Å²) in [4.78, 5) is 32.3. The number of hydrogen-bond acceptors (Lipinski definition) is 6. The number of hydrogen-bond donors (Lipinski definition) is 2. The molecule has 0 aliphatic heterocycles. The van der Waals surface area contributed by atoms with Crippen molar-refractivity contribution in [1.82, 2.24) is 25.1 Å². The Balaban J connectivity index is 2.16. The van der Waals surface area contributed by atoms with Crippen molar-refractivity contribution in [3.8, 4) is 16.9 Å². The highest BCUT2D eigenvalue weighted by Crippen LogP contribution is 2.26. The molecule has 0 spiro atoms. The molecule has 12 heteroatoms. The van der Waals surface area contributed by atoms with Crippen LogP contribution < -0.4 is 10.9 Å². The zero-order valence-corrected chi connectivity index (χ0v) is 17.7. The highest BCUT2D eigenvalue weighted by atomic mass is 19.4. The molecular formula is C21H19F4N5O3. The molecule has 1 amide bonds. The summed E-state index contributed by atoms with van der Waals surface area (Å²) in [6.07, 6.45) is -3.07. The van der Waals surface area contributed by atoms with Gasteiger partial charge in [-0.15, -0.1) is 0 Å². The molecule has 0 aliphatic carbocycles. The second-order valence-electron chi connectivity index (χ2n) is 7.78. The second kappa shape index (κ2) is 8.70. The van der Waals surface area contributed by atoms with Crippen LogP contribution in [0.1, 0.15) is 37.0 Å². The molecule has 0 saturated carbocycles. The standard InChI is InChI=1S/C21H19F4N5O3/c1-11(20(2,3)33)28-17(31)15-8-16(12-9-26-19(27-10-12)21(23,24)25)29-30(18(15)32)14-6-4-5-13(22)7-14/h4-11,33H,1-3H3,(H,28,31)/t11-/m0/s1. The minimum atomic E-state index is -4.76. The fraction of sp³-hybridized carbons (Fsp3) is 0.286. The van der Waals surface area contributed by atoms with E-state index in [-0.39, 0.29) is 16.9 Å². The van der Waals surface area contributed by atoms with Gasteiger partial charge in [-0.2, -0.15) is 23.0 Å². The molecule has 0 unspecified atom stereocenters. The number of halogens is 4. The van der Waals surface area contributed by atoms with Crippen LogP contribution in [0.25, 0.3) is 16.9 Å². The van der Waals surface area contributed by atoms with Crippen molar-refractivity contribution in [3.63, 3.8) is 0 Å². The molecule has 3 rings (SSSR count). The van der Waals surface area contributed by atoms with Gasteiger partial charge in [-0.1, -0.05) is 6.07 Å². The second-order valence-corrected chi connectivity index (χ2v) is 7.78. The average Bonchev–Trinajstić information content (AvgIpc) is 2.72. The number of aromatic nitrogens is 4. The van der Waals surface area contributed by atoms with Gasteiger partial charge in [0, 0.05) is 18.0 Å². The lowest BCUT2D eigenvalue weighted by Gasteiger charge is -2.26. The first-order valence-electron chi connectivity index (χ1n) is 9.60. The maximum atomic E-state index is 13.7. The highest BCUT2D eigenvalue weighted by molar-refractivity contribution is 5.95. The Labute approximate surface area is 184 Å². The predicted molar refractivity (Wildman–Crippen MR) is 109 cm³/mol. The number of carbonyl (C=O) groups excluding carboxylic acids is 1. The third kappa shape index (κ3) is 5.40. The van der Waals surface area contributed by atoms with E-state index in [1.54, 1.807) is 0 Å². The summed E-state index contributed by atoms with van der Waals surface area (Å²) < 4.78 is 52.9. The van der Waals surface area contributed by atoms with E-state index < -0.39 is 46.5 Å². The summed E-state index contributed by atoms with van der Waals surface area (Å²) in [6.45, 7) is 4.44. The van der Waals surface area contributed by atoms with Crippen LogP contribution >= 0.6 is 0 Å². The van der Waals surface area contributed by atoms with E-state index >= 15 is 0 Å². The van der Waals surface area contributed by atoms with Gasteiger partial charge in [-0.25, -0.2) is 14.4 Å². The Morgan fingerprint density at radius 3 is 2.33 bits per heavy atom. The van der Waals surface area contributed by atoms with Gasteiger partial charge >= 0.3 is 6.18 Å². The normalized spacial score (nSPS) is 13.0. The van der Waals surface area contributed by atoms with E-state index in [0.29, 0.717) is 0 Å². The van der Waals surface area contributed by atoms with E-state index in [0.717, 1.165) is 35.3 Å². The Bertz CT molecular complexity index is 1230. The van der Waals surface area contributed by atoms with Gasteiger partial charge in [0.05, 0.1) is 23.0 Å². The van der Waals surface area contributed by atoms with Crippen molar-refractivity contribution < 1.29 is 27.5 Å². The zero-order valence-electron chi connectivity index (χ0n) is 17.7. The highest BCUT2D eigenvalue weighted by Gasteiger charge is 2.34. The van der Waals surface area contributed by atoms with Crippen LogP contribution in [0.4, 0.5) is 17.6 Å². The molecule has 0 bridgehead atoms. The Morgan fingerprint density at radius 1 is 1.15 bits per heavy atom. The molecule has 174 valence electrons. The van der Waals surface area contributed by atoms with E-state index in [1.807, 2.05) is 0 Å². The number of rotatable bonds is 5. The molecule has 0 radical (unpaired) electrons. The van der Waals surface area contributed by atoms with Gasteiger partial charge in [0.25, 0.3) is 11.5 Å². The molecule has 0 saturated heterocycles. The number of nitrogens with one attached hydrogen (secondary N) is 1. The van der Waals surface area contributed by atoms with Crippen LogP contribution in [0.15, 0.2) is 47.5 Å². The van der Waals surface area contributed by atoms with Crippen molar-refractivity contribution in [3.05, 3.63) is 70.3 Å². The van der Waals surface area contributed by atoms with Crippen molar-refractivity contribution in [2.45, 2.75) is 38.6 Å². The quantitative estimate of drug-likeness (QED) is 0.561. The largest absolute Gasteiger partial charge is 0.451 e. The SMILES string of the molecule is C[C@H](NC(=O)c1cc(-c2cnc(C(F)(F)F)nc2)nn(-c2cccc(F)c2)c1=O)C(C)(C)O. The molecular weight excluding hydrogens is 446 g/mol. The first kappa shape index (κ1) is 24.0. The fourth-order valence-corrected chi connectivity index (χ4v) is 2.64. The van der Waals surface area contributed by atoms with E-state index in [4.69, 9.17) is 0 Å². The van der Waals surface area contributed by atoms with Crippen LogP contribution in [0.5, 0.6) is 0 Å². The van der Waals surface area contributed by atoms with Gasteiger partial charge in [0.2, 0.25) is 5.82 Å². The van der Waals surface area contributed by atoms with Crippen molar-refractivity contribution in [1.29, 1.82) is 0 Å². The molecule has 1 atom stereocenters. The molecule has 8 nitrogen and oxygen atoms in total. The molecule has 33 heavy (non-hydrogen) atoms. The number of amides is 1. The number of aliphatic hydroxyl groups is 1. The summed E-state index contributed by atoms with van der Waals surface area (Å²) in [5.74, 6) is -2.91. The molecule has 2 aromatic heterocycles. The first-order chi connectivity index (χ1) is 15.3. The average molecular weight is 465 g/mol. The molecule has 0 aliphatic rings. The number of nitrogens with zero attached hydrogens (tertiary/aromatic N) is 4. The van der Waals surface area contributed by atoms with Crippen LogP contribution in [-0.4, -0.2) is 42.4 Å². The van der Waals surface area contributed by atoms with Gasteiger partial charge in [-0.3, -0.25) is 9.59 Å². The van der Waals surface area contributed by atoms with Crippen LogP contribution in [0, 0.1) is 5.82 Å². The van der Waals surface area contributed by atoms with Gasteiger partial charge in [-0.05, 0) is 45.0 Å². The Hall–Kier alpha value is -3.67. The topological polar surface area (TPSA) is 110 Å². The minimum Gasteiger partial charge on any atom is -0.388 e. The molecule has 2 heterocycles. The van der Waals surface area contributed by atoms with Crippen molar-refractivity contribution in [2.75, 3.05) is 0 Å². The Kier molecular flexibility index (Phi) is 6.32. The lowest BCUT2D eigenvalue weighted by Crippen LogP contribution is -2.48. The smallest absolute Gasteiger partial charge is 0.388 e. The maximum Gasteiger partial charge on any atom is 0.451 e. The third-order valence-corrected chi connectivity index (χ3v) is 4.82. The predicted octanol–water partition coefficient (Wildman–Crippen LogP) is 2.74. The van der Waals surface area contributed by atoms with E-state index in [1.165, 1.54) is 32.9 Å². The van der Waals surface area contributed by atoms with Crippen molar-refractivity contribution in [2.24, 2.45) is 0 Å². The van der Waals surface area contributed by atoms with E-state index in [2.05, 4.69) is 20.4 Å². The van der Waals surface area contributed by atoms with Crippen molar-refractivity contribution >= 4 is 5.91 Å². The van der Waals surface area contributed by atoms with Gasteiger partial charge in [0.1, 0.15) is 11.4 Å². The monoisotopic (exact) mass is 465 g/mol. The molecule has 3 aromatic rings. The Morgan fingerprint density at radius 2 is 1.79 bits per heavy atom. The lowest BCUT2D eigenvalue weighted by molar-refractivity contribution is -0.145. The fourth-order valence-electron chi connectivity index (χ4n) is 2.64. The summed E-state index contributed by atoms with van der Waals surface area (Å²) in [5.41, 5.74) is -2.78. The minimum absolute atomic E-state index is 0.0146. The number of benzene rings is 1. The van der Waals surface area contributed by atoms with E-state index in [9.17, 15) is 32.3 Å². The zero-order chi connectivity index (χ0) is 24.6.